The van der Waals surface area contributed by atoms with Gasteiger partial charge in [0, 0.05) is 19.3 Å². The normalized spacial score (nSPS) is 13.5. The maximum atomic E-state index is 12.8. The molecule has 0 bridgehead atoms. The number of hydrogen-bond donors (Lipinski definition) is 0. The number of ether oxygens (including phenoxy) is 3. The monoisotopic (exact) mass is 961 g/mol. The Hall–Kier alpha value is -5.23. The maximum Gasteiger partial charge on any atom is 0.306 e. The van der Waals surface area contributed by atoms with Crippen molar-refractivity contribution in [3.8, 4) is 0 Å². The fourth-order valence-electron chi connectivity index (χ4n) is 6.59. The van der Waals surface area contributed by atoms with Crippen LogP contribution in [0.3, 0.4) is 0 Å². The van der Waals surface area contributed by atoms with Crippen molar-refractivity contribution in [1.29, 1.82) is 0 Å². The van der Waals surface area contributed by atoms with Crippen LogP contribution in [-0.2, 0) is 28.6 Å². The van der Waals surface area contributed by atoms with Crippen LogP contribution in [0.25, 0.3) is 0 Å². The molecule has 70 heavy (non-hydrogen) atoms. The van der Waals surface area contributed by atoms with Crippen LogP contribution in [0.2, 0.25) is 0 Å². The summed E-state index contributed by atoms with van der Waals surface area (Å²) in [5.74, 6) is -1.07. The number of hydrogen-bond acceptors (Lipinski definition) is 6. The predicted octanol–water partition coefficient (Wildman–Crippen LogP) is 18.4. The molecule has 0 saturated carbocycles. The van der Waals surface area contributed by atoms with Crippen molar-refractivity contribution in [2.75, 3.05) is 13.2 Å². The quantitative estimate of drug-likeness (QED) is 0.0199. The third-order valence-electron chi connectivity index (χ3n) is 10.7. The number of esters is 3. The summed E-state index contributed by atoms with van der Waals surface area (Å²) in [6.45, 7) is 6.29. The van der Waals surface area contributed by atoms with Gasteiger partial charge in [-0.1, -0.05) is 242 Å². The van der Waals surface area contributed by atoms with Crippen LogP contribution in [0.5, 0.6) is 0 Å². The Balaban J connectivity index is 4.66. The Bertz CT molecular complexity index is 1670. The average molecular weight is 961 g/mol. The average Bonchev–Trinajstić information content (AvgIpc) is 3.36. The molecule has 1 atom stereocenters. The van der Waals surface area contributed by atoms with E-state index >= 15 is 0 Å². The van der Waals surface area contributed by atoms with Crippen molar-refractivity contribution in [1.82, 2.24) is 0 Å². The zero-order valence-corrected chi connectivity index (χ0v) is 44.2. The lowest BCUT2D eigenvalue weighted by Gasteiger charge is -2.18. The van der Waals surface area contributed by atoms with Gasteiger partial charge >= 0.3 is 17.9 Å². The second kappa shape index (κ2) is 56.4. The van der Waals surface area contributed by atoms with Crippen LogP contribution in [0.15, 0.2) is 170 Å². The SMILES string of the molecule is CC\C=C/C=C\C=C/C=C\C=C\C=C/CCCCCC(=O)OC(COC(=O)CCC/C=C\C/C=C\C/C=C\C/C=C\CCCCC)COC(=O)CCCCCCC\C=C/C=C\C=C/C=C\CCCCC. The van der Waals surface area contributed by atoms with E-state index in [9.17, 15) is 14.4 Å². The predicted molar refractivity (Wildman–Crippen MR) is 301 cm³/mol. The molecule has 1 unspecified atom stereocenters. The molecular weight excluding hydrogens is 865 g/mol. The Kier molecular flexibility index (Phi) is 52.1. The molecule has 0 heterocycles. The highest BCUT2D eigenvalue weighted by molar-refractivity contribution is 5.71. The van der Waals surface area contributed by atoms with Crippen molar-refractivity contribution >= 4 is 17.9 Å². The van der Waals surface area contributed by atoms with Gasteiger partial charge in [0.2, 0.25) is 0 Å². The summed E-state index contributed by atoms with van der Waals surface area (Å²) >= 11 is 0. The molecule has 0 aromatic carbocycles. The molecular formula is C64H96O6. The largest absolute Gasteiger partial charge is 0.462 e. The minimum absolute atomic E-state index is 0.135. The van der Waals surface area contributed by atoms with Gasteiger partial charge in [-0.05, 0) is 103 Å². The zero-order chi connectivity index (χ0) is 50.7. The van der Waals surface area contributed by atoms with Gasteiger partial charge in [0.1, 0.15) is 13.2 Å². The van der Waals surface area contributed by atoms with Crippen LogP contribution in [0.1, 0.15) is 194 Å². The maximum absolute atomic E-state index is 12.8. The molecule has 0 N–H and O–H groups in total. The first kappa shape index (κ1) is 64.8. The van der Waals surface area contributed by atoms with Crippen molar-refractivity contribution < 1.29 is 28.6 Å². The first-order chi connectivity index (χ1) is 34.5. The highest BCUT2D eigenvalue weighted by Gasteiger charge is 2.19. The topological polar surface area (TPSA) is 78.9 Å². The lowest BCUT2D eigenvalue weighted by atomic mass is 10.1. The van der Waals surface area contributed by atoms with Gasteiger partial charge in [-0.15, -0.1) is 0 Å². The lowest BCUT2D eigenvalue weighted by Crippen LogP contribution is -2.30. The van der Waals surface area contributed by atoms with Crippen molar-refractivity contribution in [2.24, 2.45) is 0 Å². The van der Waals surface area contributed by atoms with Crippen molar-refractivity contribution in [2.45, 2.75) is 200 Å². The summed E-state index contributed by atoms with van der Waals surface area (Å²) in [7, 11) is 0. The van der Waals surface area contributed by atoms with E-state index < -0.39 is 6.10 Å². The number of allylic oxidation sites excluding steroid dienone is 28. The number of carbonyl (C=O) groups excluding carboxylic acids is 3. The summed E-state index contributed by atoms with van der Waals surface area (Å²) in [6.07, 6.45) is 83.3. The molecule has 0 aliphatic heterocycles. The van der Waals surface area contributed by atoms with Gasteiger partial charge in [-0.3, -0.25) is 14.4 Å². The second-order valence-corrected chi connectivity index (χ2v) is 17.3. The van der Waals surface area contributed by atoms with Crippen molar-refractivity contribution in [3.05, 3.63) is 170 Å². The lowest BCUT2D eigenvalue weighted by molar-refractivity contribution is -0.167. The molecule has 0 radical (unpaired) electrons. The summed E-state index contributed by atoms with van der Waals surface area (Å²) in [5.41, 5.74) is 0. The summed E-state index contributed by atoms with van der Waals surface area (Å²) in [6, 6.07) is 0. The van der Waals surface area contributed by atoms with Crippen LogP contribution in [0, 0.1) is 0 Å². The van der Waals surface area contributed by atoms with Gasteiger partial charge in [-0.2, -0.15) is 0 Å². The van der Waals surface area contributed by atoms with Crippen molar-refractivity contribution in [3.63, 3.8) is 0 Å². The van der Waals surface area contributed by atoms with Crippen LogP contribution in [-0.4, -0.2) is 37.2 Å². The third kappa shape index (κ3) is 53.7. The first-order valence-corrected chi connectivity index (χ1v) is 27.3. The van der Waals surface area contributed by atoms with E-state index in [0.29, 0.717) is 19.3 Å². The molecule has 0 spiro atoms. The summed E-state index contributed by atoms with van der Waals surface area (Å²) in [5, 5.41) is 0. The minimum Gasteiger partial charge on any atom is -0.462 e. The number of carbonyl (C=O) groups is 3. The van der Waals surface area contributed by atoms with E-state index in [-0.39, 0.29) is 44.0 Å². The van der Waals surface area contributed by atoms with Crippen LogP contribution < -0.4 is 0 Å². The Labute approximate surface area is 428 Å². The highest BCUT2D eigenvalue weighted by atomic mass is 16.6. The first-order valence-electron chi connectivity index (χ1n) is 27.3. The fraction of sp³-hybridized carbons (Fsp3) is 0.516. The molecule has 0 aromatic rings. The summed E-state index contributed by atoms with van der Waals surface area (Å²) in [4.78, 5) is 38.1. The van der Waals surface area contributed by atoms with Gasteiger partial charge in [0.15, 0.2) is 6.10 Å². The zero-order valence-electron chi connectivity index (χ0n) is 44.2. The molecule has 388 valence electrons. The van der Waals surface area contributed by atoms with E-state index in [0.717, 1.165) is 96.3 Å². The molecule has 0 amide bonds. The molecule has 0 saturated heterocycles. The van der Waals surface area contributed by atoms with Gasteiger partial charge in [0.05, 0.1) is 0 Å². The van der Waals surface area contributed by atoms with E-state index in [4.69, 9.17) is 14.2 Å². The van der Waals surface area contributed by atoms with Gasteiger partial charge < -0.3 is 14.2 Å². The van der Waals surface area contributed by atoms with Gasteiger partial charge in [-0.25, -0.2) is 0 Å². The van der Waals surface area contributed by atoms with E-state index in [1.165, 1.54) is 44.9 Å². The molecule has 0 fully saturated rings. The van der Waals surface area contributed by atoms with Crippen LogP contribution in [0.4, 0.5) is 0 Å². The Morgan fingerprint density at radius 1 is 0.314 bits per heavy atom. The third-order valence-corrected chi connectivity index (χ3v) is 10.7. The minimum atomic E-state index is -0.844. The molecule has 0 aliphatic carbocycles. The highest BCUT2D eigenvalue weighted by Crippen LogP contribution is 2.11. The standard InChI is InChI=1S/C64H96O6/c1-4-7-10-13-16-19-22-25-28-31-34-36-39-42-45-48-51-54-57-63(66)69-60-61(70-64(67)58-55-52-49-46-43-40-37-33-30-27-24-21-18-15-12-9-6-3)59-68-62(65)56-53-50-47-44-41-38-35-32-29-26-23-20-17-14-11-8-5-2/h9,12,15-22,24-31,33-38,40,43-44,47,61H,4-8,10-11,13-14,23,32,39,41-42,45-46,48-60H2,1-3H3/b12-9-,18-15-,19-16-,20-17-,24-21-,25-22-,29-26-,30-27-,31-28-,36-34-,37-33+,38-35-,43-40-,47-44-. The van der Waals surface area contributed by atoms with E-state index in [1.807, 2.05) is 60.8 Å². The smallest absolute Gasteiger partial charge is 0.306 e. The van der Waals surface area contributed by atoms with Gasteiger partial charge in [0.25, 0.3) is 0 Å². The Morgan fingerprint density at radius 3 is 1.07 bits per heavy atom. The Morgan fingerprint density at radius 2 is 0.629 bits per heavy atom. The fourth-order valence-corrected chi connectivity index (χ4v) is 6.59. The molecule has 0 aromatic heterocycles. The molecule has 0 rings (SSSR count). The molecule has 6 nitrogen and oxygen atoms in total. The van der Waals surface area contributed by atoms with Crippen LogP contribution >= 0.6 is 0 Å². The second-order valence-electron chi connectivity index (χ2n) is 17.3. The number of rotatable bonds is 46. The molecule has 6 heteroatoms. The molecule has 0 aliphatic rings. The number of unbranched alkanes of at least 4 members (excludes halogenated alkanes) is 15. The van der Waals surface area contributed by atoms with E-state index in [2.05, 4.69) is 130 Å². The van der Waals surface area contributed by atoms with E-state index in [1.54, 1.807) is 0 Å². The summed E-state index contributed by atoms with van der Waals surface area (Å²) < 4.78 is 16.7.